The SMILES string of the molecule is CCN(CC)C(=O)[C@H]1CC[C@H]2[C@@H]3CN(CCOC)C4=CC(=O)CC[C@]4(C)[C@H]3CC[C@]12C. The number of ketones is 1. The zero-order chi connectivity index (χ0) is 22.4. The second-order valence-electron chi connectivity index (χ2n) is 10.9. The molecular formula is C26H42N2O3. The Balaban J connectivity index is 1.65. The van der Waals surface area contributed by atoms with E-state index in [1.165, 1.54) is 18.5 Å². The molecule has 4 rings (SSSR count). The molecule has 1 saturated heterocycles. The molecule has 174 valence electrons. The van der Waals surface area contributed by atoms with Gasteiger partial charge in [0, 0.05) is 62.8 Å². The van der Waals surface area contributed by atoms with Crippen molar-refractivity contribution in [1.29, 1.82) is 0 Å². The highest BCUT2D eigenvalue weighted by molar-refractivity contribution is 5.91. The first-order chi connectivity index (χ1) is 14.8. The molecule has 1 aliphatic heterocycles. The average Bonchev–Trinajstić information content (AvgIpc) is 3.11. The van der Waals surface area contributed by atoms with Crippen LogP contribution in [0.3, 0.4) is 0 Å². The zero-order valence-electron chi connectivity index (χ0n) is 20.3. The Bertz CT molecular complexity index is 745. The number of carbonyl (C=O) groups is 2. The number of piperidine rings is 1. The van der Waals surface area contributed by atoms with Gasteiger partial charge in [-0.15, -0.1) is 0 Å². The minimum Gasteiger partial charge on any atom is -0.383 e. The van der Waals surface area contributed by atoms with E-state index >= 15 is 0 Å². The summed E-state index contributed by atoms with van der Waals surface area (Å²) >= 11 is 0. The molecule has 4 aliphatic rings. The number of carbonyl (C=O) groups excluding carboxylic acids is 2. The molecule has 3 fully saturated rings. The number of ether oxygens (including phenoxy) is 1. The Labute approximate surface area is 188 Å². The molecular weight excluding hydrogens is 388 g/mol. The predicted octanol–water partition coefficient (Wildman–Crippen LogP) is 4.13. The van der Waals surface area contributed by atoms with E-state index in [1.54, 1.807) is 7.11 Å². The molecule has 5 heteroatoms. The molecule has 0 aromatic rings. The number of hydrogen-bond acceptors (Lipinski definition) is 4. The Kier molecular flexibility index (Phi) is 6.28. The number of allylic oxidation sites excluding steroid dienone is 2. The Morgan fingerprint density at radius 3 is 2.58 bits per heavy atom. The monoisotopic (exact) mass is 430 g/mol. The van der Waals surface area contributed by atoms with Crippen LogP contribution < -0.4 is 0 Å². The van der Waals surface area contributed by atoms with Gasteiger partial charge >= 0.3 is 0 Å². The fourth-order valence-corrected chi connectivity index (χ4v) is 7.99. The minimum absolute atomic E-state index is 0.0763. The van der Waals surface area contributed by atoms with Crippen LogP contribution in [-0.2, 0) is 14.3 Å². The van der Waals surface area contributed by atoms with E-state index in [0.717, 1.165) is 45.4 Å². The molecule has 0 aromatic heterocycles. The van der Waals surface area contributed by atoms with E-state index in [4.69, 9.17) is 4.74 Å². The summed E-state index contributed by atoms with van der Waals surface area (Å²) in [4.78, 5) is 30.3. The lowest BCUT2D eigenvalue weighted by molar-refractivity contribution is -0.144. The van der Waals surface area contributed by atoms with Gasteiger partial charge in [-0.05, 0) is 69.1 Å². The Hall–Kier alpha value is -1.36. The van der Waals surface area contributed by atoms with E-state index in [9.17, 15) is 9.59 Å². The summed E-state index contributed by atoms with van der Waals surface area (Å²) in [6.45, 7) is 13.2. The maximum atomic E-state index is 13.4. The third-order valence-corrected chi connectivity index (χ3v) is 9.74. The minimum atomic E-state index is 0.0763. The molecule has 0 spiro atoms. The molecule has 1 amide bonds. The van der Waals surface area contributed by atoms with E-state index in [2.05, 4.69) is 32.6 Å². The van der Waals surface area contributed by atoms with E-state index < -0.39 is 0 Å². The van der Waals surface area contributed by atoms with Crippen LogP contribution in [0.5, 0.6) is 0 Å². The quantitative estimate of drug-likeness (QED) is 0.636. The van der Waals surface area contributed by atoms with Gasteiger partial charge in [-0.25, -0.2) is 0 Å². The van der Waals surface area contributed by atoms with Gasteiger partial charge in [0.25, 0.3) is 0 Å². The molecule has 0 bridgehead atoms. The highest BCUT2D eigenvalue weighted by atomic mass is 16.5. The van der Waals surface area contributed by atoms with Crippen LogP contribution in [0.4, 0.5) is 0 Å². The fourth-order valence-electron chi connectivity index (χ4n) is 7.99. The third kappa shape index (κ3) is 3.55. The third-order valence-electron chi connectivity index (χ3n) is 9.74. The van der Waals surface area contributed by atoms with Crippen LogP contribution in [0.15, 0.2) is 11.8 Å². The lowest BCUT2D eigenvalue weighted by atomic mass is 9.49. The van der Waals surface area contributed by atoms with Crippen LogP contribution in [0.25, 0.3) is 0 Å². The molecule has 5 nitrogen and oxygen atoms in total. The molecule has 0 aromatic carbocycles. The van der Waals surface area contributed by atoms with Crippen LogP contribution in [0.1, 0.15) is 66.2 Å². The number of amides is 1. The van der Waals surface area contributed by atoms with Crippen molar-refractivity contribution < 1.29 is 14.3 Å². The number of methoxy groups -OCH3 is 1. The largest absolute Gasteiger partial charge is 0.383 e. The molecule has 0 radical (unpaired) electrons. The summed E-state index contributed by atoms with van der Waals surface area (Å²) in [5.41, 5.74) is 1.45. The lowest BCUT2D eigenvalue weighted by Crippen LogP contribution is -2.58. The number of likely N-dealkylation sites (tertiary alicyclic amines) is 1. The smallest absolute Gasteiger partial charge is 0.226 e. The summed E-state index contributed by atoms with van der Waals surface area (Å²) in [7, 11) is 1.75. The second kappa shape index (κ2) is 8.53. The van der Waals surface area contributed by atoms with Crippen molar-refractivity contribution >= 4 is 11.7 Å². The average molecular weight is 431 g/mol. The van der Waals surface area contributed by atoms with Crippen LogP contribution in [0, 0.1) is 34.5 Å². The van der Waals surface area contributed by atoms with Gasteiger partial charge in [-0.3, -0.25) is 9.59 Å². The van der Waals surface area contributed by atoms with Gasteiger partial charge in [0.2, 0.25) is 5.91 Å². The van der Waals surface area contributed by atoms with Crippen LogP contribution in [0.2, 0.25) is 0 Å². The molecule has 0 N–H and O–H groups in total. The maximum absolute atomic E-state index is 13.4. The second-order valence-corrected chi connectivity index (χ2v) is 10.9. The molecule has 1 heterocycles. The van der Waals surface area contributed by atoms with E-state index in [1.807, 2.05) is 11.0 Å². The number of nitrogens with zero attached hydrogens (tertiary/aromatic N) is 2. The van der Waals surface area contributed by atoms with Crippen LogP contribution in [-0.4, -0.2) is 61.4 Å². The van der Waals surface area contributed by atoms with Crippen molar-refractivity contribution in [3.8, 4) is 0 Å². The van der Waals surface area contributed by atoms with Gasteiger partial charge in [-0.1, -0.05) is 13.8 Å². The van der Waals surface area contributed by atoms with Crippen molar-refractivity contribution in [1.82, 2.24) is 9.80 Å². The normalized spacial score (nSPS) is 39.5. The summed E-state index contributed by atoms with van der Waals surface area (Å²) in [6, 6.07) is 0. The first-order valence-electron chi connectivity index (χ1n) is 12.6. The van der Waals surface area contributed by atoms with Crippen molar-refractivity contribution in [2.75, 3.05) is 39.9 Å². The van der Waals surface area contributed by atoms with Gasteiger partial charge in [0.15, 0.2) is 5.78 Å². The van der Waals surface area contributed by atoms with Crippen molar-refractivity contribution in [2.24, 2.45) is 34.5 Å². The van der Waals surface area contributed by atoms with E-state index in [-0.39, 0.29) is 22.5 Å². The van der Waals surface area contributed by atoms with Crippen molar-refractivity contribution in [2.45, 2.75) is 66.2 Å². The number of rotatable bonds is 6. The van der Waals surface area contributed by atoms with Crippen LogP contribution >= 0.6 is 0 Å². The van der Waals surface area contributed by atoms with Crippen molar-refractivity contribution in [3.63, 3.8) is 0 Å². The molecule has 3 aliphatic carbocycles. The number of fused-ring (bicyclic) bond motifs is 5. The summed E-state index contributed by atoms with van der Waals surface area (Å²) in [5, 5.41) is 0. The molecule has 0 unspecified atom stereocenters. The summed E-state index contributed by atoms with van der Waals surface area (Å²) < 4.78 is 5.42. The zero-order valence-corrected chi connectivity index (χ0v) is 20.3. The fraction of sp³-hybridized carbons (Fsp3) is 0.846. The van der Waals surface area contributed by atoms with Gasteiger partial charge in [-0.2, -0.15) is 0 Å². The highest BCUT2D eigenvalue weighted by Crippen LogP contribution is 2.65. The summed E-state index contributed by atoms with van der Waals surface area (Å²) in [5.74, 6) is 2.64. The first kappa shape index (κ1) is 22.8. The van der Waals surface area contributed by atoms with Gasteiger partial charge < -0.3 is 14.5 Å². The first-order valence-corrected chi connectivity index (χ1v) is 12.6. The molecule has 2 saturated carbocycles. The van der Waals surface area contributed by atoms with Gasteiger partial charge in [0.05, 0.1) is 6.61 Å². The maximum Gasteiger partial charge on any atom is 0.226 e. The van der Waals surface area contributed by atoms with Crippen molar-refractivity contribution in [3.05, 3.63) is 11.8 Å². The summed E-state index contributed by atoms with van der Waals surface area (Å²) in [6.07, 6.45) is 8.12. The molecule has 31 heavy (non-hydrogen) atoms. The Morgan fingerprint density at radius 1 is 1.16 bits per heavy atom. The standard InChI is InChI=1S/C26H42N2O3/c1-6-27(7-2)24(30)22-9-8-20-19-17-28(14-15-31-5)23-16-18(29)10-12-26(23,4)21(19)11-13-25(20,22)3/h16,19-22H,6-15,17H2,1-5H3/t19-,20-,21-,22+,25-,26+/m0/s1. The highest BCUT2D eigenvalue weighted by Gasteiger charge is 2.61. The van der Waals surface area contributed by atoms with Gasteiger partial charge in [0.1, 0.15) is 0 Å². The van der Waals surface area contributed by atoms with E-state index in [0.29, 0.717) is 36.7 Å². The molecule has 6 atom stereocenters. The topological polar surface area (TPSA) is 49.9 Å². The number of hydrogen-bond donors (Lipinski definition) is 0. The Morgan fingerprint density at radius 2 is 1.90 bits per heavy atom. The predicted molar refractivity (Wildman–Crippen MR) is 122 cm³/mol. The lowest BCUT2D eigenvalue weighted by Gasteiger charge is -2.60.